The summed E-state index contributed by atoms with van der Waals surface area (Å²) < 4.78 is 52.3. The summed E-state index contributed by atoms with van der Waals surface area (Å²) in [5.74, 6) is -5.64. The summed E-state index contributed by atoms with van der Waals surface area (Å²) in [5, 5.41) is -0.0986. The third-order valence-electron chi connectivity index (χ3n) is 1.66. The minimum atomic E-state index is -4.39. The molecule has 1 rings (SSSR count). The van der Waals surface area contributed by atoms with Gasteiger partial charge in [0.1, 0.15) is 10.8 Å². The second kappa shape index (κ2) is 5.14. The average Bonchev–Trinajstić information content (AvgIpc) is 2.56. The van der Waals surface area contributed by atoms with Crippen LogP contribution in [0, 0.1) is 0 Å². The van der Waals surface area contributed by atoms with E-state index >= 15 is 0 Å². The maximum Gasteiger partial charge on any atom is 0.355 e. The van der Waals surface area contributed by atoms with E-state index in [1.165, 1.54) is 0 Å². The zero-order chi connectivity index (χ0) is 13.2. The van der Waals surface area contributed by atoms with E-state index in [1.807, 2.05) is 0 Å². The molecule has 0 spiro atoms. The number of esters is 1. The maximum atomic E-state index is 12.4. The molecule has 0 atom stereocenters. The topological polar surface area (TPSA) is 42.1 Å². The first-order chi connectivity index (χ1) is 7.74. The predicted molar refractivity (Wildman–Crippen MR) is 52.0 cm³/mol. The highest BCUT2D eigenvalue weighted by Crippen LogP contribution is 2.25. The standard InChI is InChI=1S/C8H5Cl2F4NO2/c9-3-1-4(15-5(3)10)6(16)17-2-8(13,14)7(11)12/h1,7,15H,2H2. The molecule has 0 fully saturated rings. The molecule has 0 amide bonds. The number of alkyl halides is 4. The Balaban J connectivity index is 2.62. The Morgan fingerprint density at radius 3 is 2.47 bits per heavy atom. The molecule has 1 N–H and O–H groups in total. The van der Waals surface area contributed by atoms with Crippen molar-refractivity contribution in [3.05, 3.63) is 21.9 Å². The largest absolute Gasteiger partial charge is 0.454 e. The number of rotatable bonds is 4. The lowest BCUT2D eigenvalue weighted by Gasteiger charge is -2.14. The zero-order valence-electron chi connectivity index (χ0n) is 7.95. The highest BCUT2D eigenvalue weighted by Gasteiger charge is 2.42. The average molecular weight is 294 g/mol. The Bertz CT molecular complexity index is 402. The smallest absolute Gasteiger partial charge is 0.355 e. The van der Waals surface area contributed by atoms with Crippen LogP contribution in [0.3, 0.4) is 0 Å². The lowest BCUT2D eigenvalue weighted by Crippen LogP contribution is -2.33. The molecule has 1 aromatic rings. The van der Waals surface area contributed by atoms with E-state index in [0.717, 1.165) is 6.07 Å². The van der Waals surface area contributed by atoms with Crippen molar-refractivity contribution in [2.75, 3.05) is 6.61 Å². The molecule has 0 saturated carbocycles. The molecule has 0 unspecified atom stereocenters. The monoisotopic (exact) mass is 293 g/mol. The molecular formula is C8H5Cl2F4NO2. The van der Waals surface area contributed by atoms with Gasteiger partial charge in [0.25, 0.3) is 0 Å². The fourth-order valence-corrected chi connectivity index (χ4v) is 1.13. The van der Waals surface area contributed by atoms with E-state index in [0.29, 0.717) is 0 Å². The molecule has 96 valence electrons. The van der Waals surface area contributed by atoms with Gasteiger partial charge < -0.3 is 9.72 Å². The number of ether oxygens (including phenoxy) is 1. The van der Waals surface area contributed by atoms with Crippen molar-refractivity contribution in [2.24, 2.45) is 0 Å². The van der Waals surface area contributed by atoms with Gasteiger partial charge in [0.15, 0.2) is 6.61 Å². The van der Waals surface area contributed by atoms with E-state index in [2.05, 4.69) is 9.72 Å². The van der Waals surface area contributed by atoms with Crippen molar-refractivity contribution in [1.29, 1.82) is 0 Å². The summed E-state index contributed by atoms with van der Waals surface area (Å²) in [6.45, 7) is -1.72. The van der Waals surface area contributed by atoms with Crippen LogP contribution in [-0.2, 0) is 4.74 Å². The number of hydrogen-bond donors (Lipinski definition) is 1. The highest BCUT2D eigenvalue weighted by atomic mass is 35.5. The first kappa shape index (κ1) is 14.1. The van der Waals surface area contributed by atoms with Gasteiger partial charge in [-0.25, -0.2) is 13.6 Å². The first-order valence-electron chi connectivity index (χ1n) is 4.11. The van der Waals surface area contributed by atoms with Crippen LogP contribution >= 0.6 is 23.2 Å². The van der Waals surface area contributed by atoms with Gasteiger partial charge in [0, 0.05) is 0 Å². The van der Waals surface area contributed by atoms with E-state index in [4.69, 9.17) is 23.2 Å². The highest BCUT2D eigenvalue weighted by molar-refractivity contribution is 6.41. The van der Waals surface area contributed by atoms with Crippen molar-refractivity contribution >= 4 is 29.2 Å². The van der Waals surface area contributed by atoms with E-state index in [-0.39, 0.29) is 15.9 Å². The molecule has 0 saturated heterocycles. The van der Waals surface area contributed by atoms with Gasteiger partial charge in [-0.1, -0.05) is 23.2 Å². The molecule has 0 aliphatic carbocycles. The Morgan fingerprint density at radius 2 is 2.06 bits per heavy atom. The summed E-state index contributed by atoms with van der Waals surface area (Å²) in [7, 11) is 0. The van der Waals surface area contributed by atoms with Crippen LogP contribution in [-0.4, -0.2) is 29.9 Å². The van der Waals surface area contributed by atoms with E-state index in [1.54, 1.807) is 0 Å². The molecule has 17 heavy (non-hydrogen) atoms. The van der Waals surface area contributed by atoms with E-state index < -0.39 is 24.9 Å². The predicted octanol–water partition coefficient (Wildman–Crippen LogP) is 3.38. The summed E-state index contributed by atoms with van der Waals surface area (Å²) in [6, 6.07) is 1.03. The van der Waals surface area contributed by atoms with Gasteiger partial charge in [0.2, 0.25) is 0 Å². The molecular weight excluding hydrogens is 289 g/mol. The van der Waals surface area contributed by atoms with Crippen LogP contribution < -0.4 is 0 Å². The summed E-state index contributed by atoms with van der Waals surface area (Å²) in [5.41, 5.74) is -0.301. The van der Waals surface area contributed by atoms with Gasteiger partial charge in [0.05, 0.1) is 5.02 Å². The Labute approximate surface area is 103 Å². The molecule has 0 aliphatic rings. The number of hydrogen-bond acceptors (Lipinski definition) is 2. The van der Waals surface area contributed by atoms with Crippen LogP contribution in [0.1, 0.15) is 10.5 Å². The quantitative estimate of drug-likeness (QED) is 0.683. The number of H-pyrrole nitrogens is 1. The number of carbonyl (C=O) groups excluding carboxylic acids is 1. The van der Waals surface area contributed by atoms with Crippen LogP contribution in [0.2, 0.25) is 10.2 Å². The van der Waals surface area contributed by atoms with Crippen molar-refractivity contribution in [3.63, 3.8) is 0 Å². The number of aromatic amines is 1. The molecule has 0 aliphatic heterocycles. The van der Waals surface area contributed by atoms with Crippen molar-refractivity contribution < 1.29 is 27.1 Å². The van der Waals surface area contributed by atoms with Crippen LogP contribution in [0.15, 0.2) is 6.07 Å². The summed E-state index contributed by atoms with van der Waals surface area (Å²) in [4.78, 5) is 13.4. The van der Waals surface area contributed by atoms with Gasteiger partial charge in [-0.05, 0) is 6.07 Å². The van der Waals surface area contributed by atoms with Crippen LogP contribution in [0.4, 0.5) is 17.6 Å². The lowest BCUT2D eigenvalue weighted by molar-refractivity contribution is -0.155. The fraction of sp³-hybridized carbons (Fsp3) is 0.375. The molecule has 1 aromatic heterocycles. The molecule has 0 aromatic carbocycles. The Morgan fingerprint density at radius 1 is 1.47 bits per heavy atom. The fourth-order valence-electron chi connectivity index (χ4n) is 0.817. The summed E-state index contributed by atoms with van der Waals surface area (Å²) in [6.07, 6.45) is -3.91. The van der Waals surface area contributed by atoms with E-state index in [9.17, 15) is 22.4 Å². The number of aromatic nitrogens is 1. The van der Waals surface area contributed by atoms with Gasteiger partial charge in [-0.15, -0.1) is 0 Å². The molecule has 9 heteroatoms. The van der Waals surface area contributed by atoms with Gasteiger partial charge in [-0.2, -0.15) is 8.78 Å². The maximum absolute atomic E-state index is 12.4. The number of nitrogens with one attached hydrogen (secondary N) is 1. The minimum Gasteiger partial charge on any atom is -0.454 e. The molecule has 0 bridgehead atoms. The SMILES string of the molecule is O=C(OCC(F)(F)C(F)F)c1cc(Cl)c(Cl)[nH]1. The molecule has 1 heterocycles. The third kappa shape index (κ3) is 3.50. The van der Waals surface area contributed by atoms with Crippen LogP contribution in [0.25, 0.3) is 0 Å². The second-order valence-electron chi connectivity index (χ2n) is 2.98. The summed E-state index contributed by atoms with van der Waals surface area (Å²) >= 11 is 10.9. The Hall–Kier alpha value is -0.950. The molecule has 3 nitrogen and oxygen atoms in total. The second-order valence-corrected chi connectivity index (χ2v) is 3.77. The third-order valence-corrected chi connectivity index (χ3v) is 2.35. The van der Waals surface area contributed by atoms with Gasteiger partial charge >= 0.3 is 18.3 Å². The molecule has 0 radical (unpaired) electrons. The normalized spacial score (nSPS) is 11.9. The number of halogens is 6. The zero-order valence-corrected chi connectivity index (χ0v) is 9.46. The lowest BCUT2D eigenvalue weighted by atomic mass is 10.4. The van der Waals surface area contributed by atoms with Crippen molar-refractivity contribution in [1.82, 2.24) is 4.98 Å². The minimum absolute atomic E-state index is 0.0146. The van der Waals surface area contributed by atoms with Crippen molar-refractivity contribution in [2.45, 2.75) is 12.3 Å². The Kier molecular flexibility index (Phi) is 4.26. The number of carbonyl (C=O) groups is 1. The van der Waals surface area contributed by atoms with Gasteiger partial charge in [-0.3, -0.25) is 0 Å². The van der Waals surface area contributed by atoms with Crippen molar-refractivity contribution in [3.8, 4) is 0 Å². The van der Waals surface area contributed by atoms with Crippen LogP contribution in [0.5, 0.6) is 0 Å². The first-order valence-corrected chi connectivity index (χ1v) is 4.86.